The molecule has 6 heteroatoms. The molecule has 1 saturated carbocycles. The summed E-state index contributed by atoms with van der Waals surface area (Å²) in [6, 6.07) is 0.826. The monoisotopic (exact) mass is 310 g/mol. The number of hydrogen-bond acceptors (Lipinski definition) is 4. The van der Waals surface area contributed by atoms with Crippen molar-refractivity contribution in [3.8, 4) is 5.19 Å². The number of likely N-dealkylation sites (tertiary alicyclic amines) is 1. The molecular weight excluding hydrogens is 289 g/mol. The molecule has 0 spiro atoms. The Hall–Kier alpha value is -0.720. The zero-order valence-corrected chi connectivity index (χ0v) is 12.9. The molecule has 1 atom stereocenters. The number of thiazole rings is 1. The Kier molecular flexibility index (Phi) is 3.85. The summed E-state index contributed by atoms with van der Waals surface area (Å²) in [6.45, 7) is 3.09. The second-order valence-electron chi connectivity index (χ2n) is 6.26. The van der Waals surface area contributed by atoms with Gasteiger partial charge in [-0.3, -0.25) is 0 Å². The average Bonchev–Trinajstić information content (AvgIpc) is 2.83. The number of alkyl halides is 1. The Morgan fingerprint density at radius 1 is 1.19 bits per heavy atom. The molecule has 3 heterocycles. The molecule has 21 heavy (non-hydrogen) atoms. The molecule has 2 fully saturated rings. The van der Waals surface area contributed by atoms with E-state index in [2.05, 4.69) is 15.2 Å². The molecule has 4 rings (SSSR count). The van der Waals surface area contributed by atoms with E-state index in [0.717, 1.165) is 36.9 Å². The predicted molar refractivity (Wildman–Crippen MR) is 79.5 cm³/mol. The summed E-state index contributed by atoms with van der Waals surface area (Å²) in [7, 11) is 0. The van der Waals surface area contributed by atoms with Gasteiger partial charge in [-0.25, -0.2) is 14.7 Å². The van der Waals surface area contributed by atoms with Crippen LogP contribution >= 0.6 is 11.3 Å². The topological polar surface area (TPSA) is 39.5 Å². The van der Waals surface area contributed by atoms with Crippen LogP contribution in [-0.2, 0) is 6.54 Å². The van der Waals surface area contributed by atoms with E-state index in [1.807, 2.05) is 0 Å². The van der Waals surface area contributed by atoms with Crippen molar-refractivity contribution in [2.75, 3.05) is 19.6 Å². The molecule has 3 aliphatic rings. The fourth-order valence-corrected chi connectivity index (χ4v) is 4.34. The summed E-state index contributed by atoms with van der Waals surface area (Å²) in [4.78, 5) is 7.90. The molecule has 1 aromatic heterocycles. The van der Waals surface area contributed by atoms with Gasteiger partial charge in [0.15, 0.2) is 6.17 Å². The zero-order valence-electron chi connectivity index (χ0n) is 12.1. The van der Waals surface area contributed by atoms with Crippen molar-refractivity contribution in [3.63, 3.8) is 0 Å². The number of piperidine rings is 1. The van der Waals surface area contributed by atoms with Crippen molar-refractivity contribution >= 4 is 11.3 Å². The largest absolute Gasteiger partial charge is 0.467 e. The van der Waals surface area contributed by atoms with Gasteiger partial charge in [-0.15, -0.1) is 0 Å². The second kappa shape index (κ2) is 5.82. The maximum atomic E-state index is 13.7. The summed E-state index contributed by atoms with van der Waals surface area (Å²) in [5.41, 5.74) is 0.567. The van der Waals surface area contributed by atoms with Crippen molar-refractivity contribution < 1.29 is 9.13 Å². The van der Waals surface area contributed by atoms with Gasteiger partial charge in [0.05, 0.1) is 23.7 Å². The highest BCUT2D eigenvalue weighted by atomic mass is 32.1. The van der Waals surface area contributed by atoms with Crippen LogP contribution in [-0.4, -0.2) is 41.7 Å². The highest BCUT2D eigenvalue weighted by Crippen LogP contribution is 2.35. The molecule has 0 N–H and O–H groups in total. The Labute approximate surface area is 128 Å². The summed E-state index contributed by atoms with van der Waals surface area (Å²) in [5.74, 6) is 0. The van der Waals surface area contributed by atoms with Gasteiger partial charge in [-0.2, -0.15) is 0 Å². The summed E-state index contributed by atoms with van der Waals surface area (Å²) >= 11 is 1.47. The first kappa shape index (κ1) is 13.9. The van der Waals surface area contributed by atoms with Crippen molar-refractivity contribution in [3.05, 3.63) is 10.6 Å². The van der Waals surface area contributed by atoms with Crippen molar-refractivity contribution in [2.24, 2.45) is 0 Å². The lowest BCUT2D eigenvalue weighted by Gasteiger charge is -2.41. The van der Waals surface area contributed by atoms with Gasteiger partial charge in [-0.1, -0.05) is 17.8 Å². The van der Waals surface area contributed by atoms with Gasteiger partial charge in [0.2, 0.25) is 0 Å². The maximum Gasteiger partial charge on any atom is 0.274 e. The number of aromatic nitrogens is 1. The normalized spacial score (nSPS) is 28.1. The summed E-state index contributed by atoms with van der Waals surface area (Å²) in [5, 5.41) is 4.78. The number of hydrogen-bond donors (Lipinski definition) is 0. The van der Waals surface area contributed by atoms with Crippen LogP contribution in [0.15, 0.2) is 0 Å². The standard InChI is InChI=1S/C15H21FN3OS/c16-12-8-17-9-13-14(12)18-15(21-13)20-11-4-6-19(7-5-11)10-2-1-3-10/h10-12H,1-9H2. The molecule has 1 aromatic rings. The van der Waals surface area contributed by atoms with Gasteiger partial charge < -0.3 is 9.64 Å². The molecule has 2 aliphatic heterocycles. The molecule has 1 saturated heterocycles. The first-order valence-electron chi connectivity index (χ1n) is 7.97. The lowest BCUT2D eigenvalue weighted by Crippen LogP contribution is -2.46. The highest BCUT2D eigenvalue weighted by Gasteiger charge is 2.31. The van der Waals surface area contributed by atoms with Gasteiger partial charge in [0, 0.05) is 19.1 Å². The third-order valence-corrected chi connectivity index (χ3v) is 5.83. The van der Waals surface area contributed by atoms with Gasteiger partial charge in [0.1, 0.15) is 6.10 Å². The molecule has 1 aliphatic carbocycles. The van der Waals surface area contributed by atoms with E-state index in [-0.39, 0.29) is 12.6 Å². The Balaban J connectivity index is 1.34. The first-order chi connectivity index (χ1) is 10.3. The molecule has 1 unspecified atom stereocenters. The van der Waals surface area contributed by atoms with Crippen LogP contribution in [0.1, 0.15) is 48.8 Å². The predicted octanol–water partition coefficient (Wildman–Crippen LogP) is 2.67. The van der Waals surface area contributed by atoms with Gasteiger partial charge >= 0.3 is 0 Å². The summed E-state index contributed by atoms with van der Waals surface area (Å²) in [6.07, 6.45) is 5.44. The maximum absolute atomic E-state index is 13.7. The fraction of sp³-hybridized carbons (Fsp3) is 0.800. The average molecular weight is 310 g/mol. The van der Waals surface area contributed by atoms with E-state index >= 15 is 0 Å². The molecule has 4 nitrogen and oxygen atoms in total. The fourth-order valence-electron chi connectivity index (χ4n) is 3.37. The minimum absolute atomic E-state index is 0.240. The molecule has 0 amide bonds. The Morgan fingerprint density at radius 2 is 2.00 bits per heavy atom. The van der Waals surface area contributed by atoms with Crippen LogP contribution in [0.2, 0.25) is 0 Å². The quantitative estimate of drug-likeness (QED) is 0.861. The van der Waals surface area contributed by atoms with Crippen molar-refractivity contribution in [1.82, 2.24) is 15.2 Å². The number of rotatable bonds is 3. The van der Waals surface area contributed by atoms with Crippen LogP contribution in [0.25, 0.3) is 0 Å². The van der Waals surface area contributed by atoms with E-state index in [4.69, 9.17) is 4.74 Å². The van der Waals surface area contributed by atoms with Gasteiger partial charge in [0.25, 0.3) is 5.19 Å². The van der Waals surface area contributed by atoms with E-state index in [0.29, 0.717) is 17.4 Å². The number of ether oxygens (including phenoxy) is 1. The van der Waals surface area contributed by atoms with Gasteiger partial charge in [-0.05, 0) is 25.7 Å². The molecular formula is C15H21FN3OS. The van der Waals surface area contributed by atoms with Crippen LogP contribution in [0, 0.1) is 0 Å². The Morgan fingerprint density at radius 3 is 2.67 bits per heavy atom. The molecule has 1 radical (unpaired) electrons. The van der Waals surface area contributed by atoms with Crippen LogP contribution < -0.4 is 10.1 Å². The zero-order chi connectivity index (χ0) is 14.2. The smallest absolute Gasteiger partial charge is 0.274 e. The minimum Gasteiger partial charge on any atom is -0.467 e. The first-order valence-corrected chi connectivity index (χ1v) is 8.79. The van der Waals surface area contributed by atoms with Crippen molar-refractivity contribution in [2.45, 2.75) is 57.0 Å². The number of fused-ring (bicyclic) bond motifs is 1. The third kappa shape index (κ3) is 2.81. The highest BCUT2D eigenvalue weighted by molar-refractivity contribution is 7.13. The molecule has 115 valence electrons. The molecule has 0 bridgehead atoms. The number of nitrogens with zero attached hydrogens (tertiary/aromatic N) is 3. The summed E-state index contributed by atoms with van der Waals surface area (Å²) < 4.78 is 19.8. The van der Waals surface area contributed by atoms with E-state index in [1.54, 1.807) is 0 Å². The van der Waals surface area contributed by atoms with E-state index in [9.17, 15) is 4.39 Å². The Bertz CT molecular complexity index is 497. The van der Waals surface area contributed by atoms with E-state index < -0.39 is 6.17 Å². The SMILES string of the molecule is FC1C[N]Cc2sc(OC3CCN(C4CCC4)CC3)nc21. The second-order valence-corrected chi connectivity index (χ2v) is 7.30. The third-order valence-electron chi connectivity index (χ3n) is 4.88. The lowest BCUT2D eigenvalue weighted by atomic mass is 9.90. The minimum atomic E-state index is -1.04. The lowest BCUT2D eigenvalue weighted by molar-refractivity contribution is 0.0491. The van der Waals surface area contributed by atoms with Crippen LogP contribution in [0.3, 0.4) is 0 Å². The van der Waals surface area contributed by atoms with Crippen LogP contribution in [0.4, 0.5) is 4.39 Å². The van der Waals surface area contributed by atoms with Crippen molar-refractivity contribution in [1.29, 1.82) is 0 Å². The molecule has 0 aromatic carbocycles. The van der Waals surface area contributed by atoms with E-state index in [1.165, 1.54) is 30.6 Å². The van der Waals surface area contributed by atoms with Crippen LogP contribution in [0.5, 0.6) is 5.19 Å². The number of halogens is 1.